The molecular formula is C22H24ClNO4. The first kappa shape index (κ1) is 20.2. The second kappa shape index (κ2) is 8.65. The molecular weight excluding hydrogens is 378 g/mol. The van der Waals surface area contributed by atoms with Crippen LogP contribution in [0.2, 0.25) is 5.02 Å². The third-order valence-corrected chi connectivity index (χ3v) is 4.97. The molecule has 1 atom stereocenters. The fourth-order valence-electron chi connectivity index (χ4n) is 3.28. The number of nitrogens with one attached hydrogen (secondary N) is 1. The highest BCUT2D eigenvalue weighted by Crippen LogP contribution is 2.29. The molecule has 0 saturated carbocycles. The van der Waals surface area contributed by atoms with Crippen molar-refractivity contribution in [2.45, 2.75) is 44.8 Å². The fraction of sp³-hybridized carbons (Fsp3) is 0.364. The van der Waals surface area contributed by atoms with Crippen LogP contribution >= 0.6 is 11.6 Å². The molecule has 2 aromatic rings. The molecule has 148 valence electrons. The van der Waals surface area contributed by atoms with Crippen molar-refractivity contribution in [1.82, 2.24) is 5.32 Å². The third kappa shape index (κ3) is 5.04. The summed E-state index contributed by atoms with van der Waals surface area (Å²) >= 11 is 5.85. The highest BCUT2D eigenvalue weighted by Gasteiger charge is 2.32. The Morgan fingerprint density at radius 1 is 1.14 bits per heavy atom. The van der Waals surface area contributed by atoms with Crippen molar-refractivity contribution in [3.8, 4) is 5.75 Å². The van der Waals surface area contributed by atoms with Gasteiger partial charge in [0.15, 0.2) is 12.2 Å². The predicted molar refractivity (Wildman–Crippen MR) is 107 cm³/mol. The maximum Gasteiger partial charge on any atom is 0.350 e. The van der Waals surface area contributed by atoms with Gasteiger partial charge in [0.2, 0.25) is 0 Å². The number of amides is 1. The summed E-state index contributed by atoms with van der Waals surface area (Å²) in [5.41, 5.74) is 1.17. The first-order valence-corrected chi connectivity index (χ1v) is 9.72. The van der Waals surface area contributed by atoms with E-state index in [1.807, 2.05) is 18.2 Å². The highest BCUT2D eigenvalue weighted by atomic mass is 35.5. The first-order valence-electron chi connectivity index (χ1n) is 9.34. The van der Waals surface area contributed by atoms with Crippen molar-refractivity contribution in [3.63, 3.8) is 0 Å². The quantitative estimate of drug-likeness (QED) is 0.735. The average Bonchev–Trinajstić information content (AvgIpc) is 2.68. The number of benzene rings is 2. The summed E-state index contributed by atoms with van der Waals surface area (Å²) < 4.78 is 10.9. The number of fused-ring (bicyclic) bond motifs is 1. The van der Waals surface area contributed by atoms with Gasteiger partial charge < -0.3 is 14.8 Å². The maximum absolute atomic E-state index is 12.4. The molecule has 1 aliphatic rings. The molecule has 1 N–H and O–H groups in total. The smallest absolute Gasteiger partial charge is 0.350 e. The normalized spacial score (nSPS) is 16.0. The molecule has 0 aromatic heterocycles. The van der Waals surface area contributed by atoms with Crippen LogP contribution < -0.4 is 10.1 Å². The molecule has 0 saturated heterocycles. The van der Waals surface area contributed by atoms with Crippen LogP contribution in [0.5, 0.6) is 5.75 Å². The Balaban J connectivity index is 1.52. The van der Waals surface area contributed by atoms with Gasteiger partial charge in [0.05, 0.1) is 6.04 Å². The van der Waals surface area contributed by atoms with Crippen LogP contribution in [0.15, 0.2) is 48.5 Å². The summed E-state index contributed by atoms with van der Waals surface area (Å²) in [5, 5.41) is 3.54. The van der Waals surface area contributed by atoms with Crippen LogP contribution in [0.3, 0.4) is 0 Å². The lowest BCUT2D eigenvalue weighted by molar-refractivity contribution is -0.162. The molecule has 0 aliphatic heterocycles. The largest absolute Gasteiger partial charge is 0.476 e. The Hall–Kier alpha value is -2.53. The van der Waals surface area contributed by atoms with Crippen LogP contribution in [0.25, 0.3) is 0 Å². The summed E-state index contributed by atoms with van der Waals surface area (Å²) in [7, 11) is 0. The van der Waals surface area contributed by atoms with E-state index in [1.54, 1.807) is 38.1 Å². The number of carbonyl (C=O) groups is 2. The van der Waals surface area contributed by atoms with Gasteiger partial charge in [0.1, 0.15) is 5.75 Å². The van der Waals surface area contributed by atoms with Crippen molar-refractivity contribution >= 4 is 23.5 Å². The average molecular weight is 402 g/mol. The zero-order valence-electron chi connectivity index (χ0n) is 16.0. The van der Waals surface area contributed by atoms with E-state index >= 15 is 0 Å². The van der Waals surface area contributed by atoms with Gasteiger partial charge in [-0.1, -0.05) is 35.9 Å². The van der Waals surface area contributed by atoms with Crippen molar-refractivity contribution < 1.29 is 19.1 Å². The number of hydrogen-bond donors (Lipinski definition) is 1. The van der Waals surface area contributed by atoms with Gasteiger partial charge in [0, 0.05) is 5.02 Å². The van der Waals surface area contributed by atoms with Gasteiger partial charge in [-0.2, -0.15) is 0 Å². The Morgan fingerprint density at radius 2 is 1.86 bits per heavy atom. The molecule has 2 aromatic carbocycles. The van der Waals surface area contributed by atoms with Crippen molar-refractivity contribution in [2.24, 2.45) is 0 Å². The number of halogens is 1. The van der Waals surface area contributed by atoms with E-state index < -0.39 is 11.6 Å². The molecule has 6 heteroatoms. The molecule has 28 heavy (non-hydrogen) atoms. The van der Waals surface area contributed by atoms with Crippen LogP contribution in [-0.4, -0.2) is 24.1 Å². The van der Waals surface area contributed by atoms with E-state index in [0.29, 0.717) is 10.8 Å². The number of ether oxygens (including phenoxy) is 2. The molecule has 5 nitrogen and oxygen atoms in total. The minimum absolute atomic E-state index is 0.0468. The van der Waals surface area contributed by atoms with Crippen molar-refractivity contribution in [3.05, 3.63) is 64.7 Å². The van der Waals surface area contributed by atoms with Gasteiger partial charge in [-0.15, -0.1) is 0 Å². The van der Waals surface area contributed by atoms with E-state index in [1.165, 1.54) is 5.56 Å². The van der Waals surface area contributed by atoms with Gasteiger partial charge in [0.25, 0.3) is 5.91 Å². The maximum atomic E-state index is 12.4. The summed E-state index contributed by atoms with van der Waals surface area (Å²) in [5.74, 6) is -0.436. The van der Waals surface area contributed by atoms with Crippen molar-refractivity contribution in [2.75, 3.05) is 6.61 Å². The number of aryl methyl sites for hydroxylation is 1. The highest BCUT2D eigenvalue weighted by molar-refractivity contribution is 6.30. The Bertz CT molecular complexity index is 848. The number of carbonyl (C=O) groups excluding carboxylic acids is 2. The van der Waals surface area contributed by atoms with Gasteiger partial charge >= 0.3 is 5.97 Å². The minimum atomic E-state index is -1.23. The van der Waals surface area contributed by atoms with E-state index in [-0.39, 0.29) is 18.6 Å². The molecule has 3 rings (SSSR count). The van der Waals surface area contributed by atoms with Crippen LogP contribution in [-0.2, 0) is 20.7 Å². The third-order valence-electron chi connectivity index (χ3n) is 4.72. The fourth-order valence-corrected chi connectivity index (χ4v) is 3.41. The lowest BCUT2D eigenvalue weighted by Gasteiger charge is -2.27. The molecule has 0 unspecified atom stereocenters. The van der Waals surface area contributed by atoms with Gasteiger partial charge in [-0.05, 0) is 68.5 Å². The standard InChI is InChI=1S/C22H24ClNO4/c1-22(2,28-17-12-10-16(23)11-13-17)21(26)27-14-20(25)24-19-9-5-7-15-6-3-4-8-18(15)19/h3-4,6,8,10-13,19H,5,7,9,14H2,1-2H3,(H,24,25)/t19-/m1/s1. The van der Waals surface area contributed by atoms with Gasteiger partial charge in [-0.3, -0.25) is 4.79 Å². The number of esters is 1. The van der Waals surface area contributed by atoms with E-state index in [0.717, 1.165) is 24.8 Å². The van der Waals surface area contributed by atoms with E-state index in [4.69, 9.17) is 21.1 Å². The zero-order valence-corrected chi connectivity index (χ0v) is 16.8. The summed E-state index contributed by atoms with van der Waals surface area (Å²) in [6.45, 7) is 2.85. The summed E-state index contributed by atoms with van der Waals surface area (Å²) in [6, 6.07) is 14.7. The summed E-state index contributed by atoms with van der Waals surface area (Å²) in [6.07, 6.45) is 2.92. The molecule has 1 aliphatic carbocycles. The first-order chi connectivity index (χ1) is 13.3. The molecule has 0 fully saturated rings. The SMILES string of the molecule is CC(C)(Oc1ccc(Cl)cc1)C(=O)OCC(=O)N[C@@H]1CCCc2ccccc21. The second-order valence-electron chi connectivity index (χ2n) is 7.35. The zero-order chi connectivity index (χ0) is 20.1. The predicted octanol–water partition coefficient (Wildman–Crippen LogP) is 4.23. The van der Waals surface area contributed by atoms with Crippen LogP contribution in [0.4, 0.5) is 0 Å². The summed E-state index contributed by atoms with van der Waals surface area (Å²) in [4.78, 5) is 24.7. The lowest BCUT2D eigenvalue weighted by atomic mass is 9.88. The van der Waals surface area contributed by atoms with Gasteiger partial charge in [-0.25, -0.2) is 4.79 Å². The monoisotopic (exact) mass is 401 g/mol. The number of hydrogen-bond acceptors (Lipinski definition) is 4. The molecule has 0 spiro atoms. The van der Waals surface area contributed by atoms with E-state index in [2.05, 4.69) is 11.4 Å². The Kier molecular flexibility index (Phi) is 6.25. The van der Waals surface area contributed by atoms with Crippen LogP contribution in [0.1, 0.15) is 43.9 Å². The lowest BCUT2D eigenvalue weighted by Crippen LogP contribution is -2.42. The number of rotatable bonds is 6. The molecule has 0 radical (unpaired) electrons. The molecule has 1 amide bonds. The van der Waals surface area contributed by atoms with Crippen LogP contribution in [0, 0.1) is 0 Å². The molecule has 0 heterocycles. The minimum Gasteiger partial charge on any atom is -0.476 e. The topological polar surface area (TPSA) is 64.6 Å². The second-order valence-corrected chi connectivity index (χ2v) is 7.79. The van der Waals surface area contributed by atoms with E-state index in [9.17, 15) is 9.59 Å². The van der Waals surface area contributed by atoms with Crippen molar-refractivity contribution in [1.29, 1.82) is 0 Å². The molecule has 0 bridgehead atoms. The Morgan fingerprint density at radius 3 is 2.61 bits per heavy atom. The Labute approximate surface area is 170 Å².